The SMILES string of the molecule is COc1cc(OC)cc(C(=O)NCCN(C(C)=O)c2cccc(Cl)c2C)c1. The Morgan fingerprint density at radius 1 is 1.11 bits per heavy atom. The van der Waals surface area contributed by atoms with Crippen molar-refractivity contribution in [1.82, 2.24) is 5.32 Å². The lowest BCUT2D eigenvalue weighted by atomic mass is 10.1. The average Bonchev–Trinajstić information content (AvgIpc) is 2.66. The van der Waals surface area contributed by atoms with E-state index < -0.39 is 0 Å². The molecular weight excluding hydrogens is 368 g/mol. The van der Waals surface area contributed by atoms with Crippen LogP contribution in [0.1, 0.15) is 22.8 Å². The number of anilines is 1. The number of methoxy groups -OCH3 is 2. The van der Waals surface area contributed by atoms with Gasteiger partial charge in [-0.2, -0.15) is 0 Å². The normalized spacial score (nSPS) is 10.3. The summed E-state index contributed by atoms with van der Waals surface area (Å²) < 4.78 is 10.4. The molecule has 0 atom stereocenters. The van der Waals surface area contributed by atoms with Gasteiger partial charge in [0.05, 0.1) is 14.2 Å². The van der Waals surface area contributed by atoms with Crippen molar-refractivity contribution in [3.05, 3.63) is 52.5 Å². The third kappa shape index (κ3) is 5.14. The molecule has 0 radical (unpaired) electrons. The number of nitrogens with zero attached hydrogens (tertiary/aromatic N) is 1. The molecule has 0 fully saturated rings. The Labute approximate surface area is 164 Å². The molecule has 0 aliphatic heterocycles. The van der Waals surface area contributed by atoms with Crippen molar-refractivity contribution in [2.24, 2.45) is 0 Å². The lowest BCUT2D eigenvalue weighted by molar-refractivity contribution is -0.116. The van der Waals surface area contributed by atoms with Crippen LogP contribution in [-0.4, -0.2) is 39.1 Å². The van der Waals surface area contributed by atoms with E-state index in [1.54, 1.807) is 35.2 Å². The van der Waals surface area contributed by atoms with E-state index in [4.69, 9.17) is 21.1 Å². The summed E-state index contributed by atoms with van der Waals surface area (Å²) in [6.07, 6.45) is 0. The van der Waals surface area contributed by atoms with Gasteiger partial charge in [-0.15, -0.1) is 0 Å². The minimum absolute atomic E-state index is 0.127. The van der Waals surface area contributed by atoms with Gasteiger partial charge >= 0.3 is 0 Å². The van der Waals surface area contributed by atoms with Gasteiger partial charge in [0.1, 0.15) is 11.5 Å². The molecule has 2 rings (SSSR count). The number of carbonyl (C=O) groups excluding carboxylic acids is 2. The van der Waals surface area contributed by atoms with Gasteiger partial charge in [0.15, 0.2) is 0 Å². The van der Waals surface area contributed by atoms with Crippen molar-refractivity contribution in [2.75, 3.05) is 32.2 Å². The summed E-state index contributed by atoms with van der Waals surface area (Å²) in [5.41, 5.74) is 1.96. The summed E-state index contributed by atoms with van der Waals surface area (Å²) >= 11 is 6.15. The van der Waals surface area contributed by atoms with Gasteiger partial charge in [-0.3, -0.25) is 9.59 Å². The van der Waals surface area contributed by atoms with E-state index in [2.05, 4.69) is 5.32 Å². The zero-order valence-corrected chi connectivity index (χ0v) is 16.6. The van der Waals surface area contributed by atoms with Crippen LogP contribution in [0.4, 0.5) is 5.69 Å². The van der Waals surface area contributed by atoms with Crippen molar-refractivity contribution in [3.63, 3.8) is 0 Å². The van der Waals surface area contributed by atoms with Crippen LogP contribution in [0.25, 0.3) is 0 Å². The van der Waals surface area contributed by atoms with E-state index >= 15 is 0 Å². The summed E-state index contributed by atoms with van der Waals surface area (Å²) in [4.78, 5) is 26.1. The van der Waals surface area contributed by atoms with E-state index in [0.717, 1.165) is 11.3 Å². The monoisotopic (exact) mass is 390 g/mol. The zero-order valence-electron chi connectivity index (χ0n) is 15.8. The number of rotatable bonds is 7. The molecule has 0 spiro atoms. The van der Waals surface area contributed by atoms with Gasteiger partial charge in [0, 0.05) is 42.4 Å². The number of nitrogens with one attached hydrogen (secondary N) is 1. The van der Waals surface area contributed by atoms with Gasteiger partial charge in [0.25, 0.3) is 5.91 Å². The molecule has 144 valence electrons. The highest BCUT2D eigenvalue weighted by atomic mass is 35.5. The van der Waals surface area contributed by atoms with Gasteiger partial charge in [-0.1, -0.05) is 17.7 Å². The average molecular weight is 391 g/mol. The summed E-state index contributed by atoms with van der Waals surface area (Å²) in [7, 11) is 3.04. The molecular formula is C20H23ClN2O4. The maximum atomic E-state index is 12.4. The second-order valence-corrected chi connectivity index (χ2v) is 6.32. The quantitative estimate of drug-likeness (QED) is 0.786. The van der Waals surface area contributed by atoms with Gasteiger partial charge in [0.2, 0.25) is 5.91 Å². The Morgan fingerprint density at radius 2 is 1.74 bits per heavy atom. The van der Waals surface area contributed by atoms with Crippen molar-refractivity contribution in [2.45, 2.75) is 13.8 Å². The van der Waals surface area contributed by atoms with E-state index in [0.29, 0.717) is 28.6 Å². The first-order valence-electron chi connectivity index (χ1n) is 8.42. The summed E-state index contributed by atoms with van der Waals surface area (Å²) in [5.74, 6) is 0.648. The smallest absolute Gasteiger partial charge is 0.251 e. The number of amides is 2. The van der Waals surface area contributed by atoms with Crippen molar-refractivity contribution < 1.29 is 19.1 Å². The molecule has 0 bridgehead atoms. The first-order chi connectivity index (χ1) is 12.9. The van der Waals surface area contributed by atoms with Gasteiger partial charge in [-0.05, 0) is 36.8 Å². The molecule has 0 heterocycles. The van der Waals surface area contributed by atoms with Crippen LogP contribution in [0.2, 0.25) is 5.02 Å². The van der Waals surface area contributed by atoms with E-state index in [1.807, 2.05) is 13.0 Å². The second kappa shape index (κ2) is 9.28. The van der Waals surface area contributed by atoms with E-state index in [1.165, 1.54) is 21.1 Å². The standard InChI is InChI=1S/C20H23ClN2O4/c1-13-18(21)6-5-7-19(13)23(14(2)24)9-8-22-20(25)15-10-16(26-3)12-17(11-15)27-4/h5-7,10-12H,8-9H2,1-4H3,(H,22,25). The molecule has 2 aromatic carbocycles. The Bertz CT molecular complexity index is 816. The fourth-order valence-corrected chi connectivity index (χ4v) is 2.83. The summed E-state index contributed by atoms with van der Waals surface area (Å²) in [6.45, 7) is 3.94. The number of carbonyl (C=O) groups is 2. The molecule has 6 nitrogen and oxygen atoms in total. The highest BCUT2D eigenvalue weighted by Gasteiger charge is 2.16. The molecule has 7 heteroatoms. The predicted octanol–water partition coefficient (Wildman–Crippen LogP) is 3.45. The Morgan fingerprint density at radius 3 is 2.30 bits per heavy atom. The molecule has 27 heavy (non-hydrogen) atoms. The van der Waals surface area contributed by atoms with Crippen LogP contribution in [0.5, 0.6) is 11.5 Å². The zero-order chi connectivity index (χ0) is 20.0. The Kier molecular flexibility index (Phi) is 7.07. The largest absolute Gasteiger partial charge is 0.497 e. The molecule has 1 N–H and O–H groups in total. The van der Waals surface area contributed by atoms with Crippen LogP contribution < -0.4 is 19.7 Å². The van der Waals surface area contributed by atoms with Crippen LogP contribution in [-0.2, 0) is 4.79 Å². The van der Waals surface area contributed by atoms with Crippen molar-refractivity contribution >= 4 is 29.1 Å². The number of ether oxygens (including phenoxy) is 2. The number of hydrogen-bond acceptors (Lipinski definition) is 4. The van der Waals surface area contributed by atoms with Crippen LogP contribution in [0.3, 0.4) is 0 Å². The number of hydrogen-bond donors (Lipinski definition) is 1. The van der Waals surface area contributed by atoms with Gasteiger partial charge in [-0.25, -0.2) is 0 Å². The third-order valence-corrected chi connectivity index (χ3v) is 4.55. The van der Waals surface area contributed by atoms with E-state index in [-0.39, 0.29) is 18.4 Å². The molecule has 0 unspecified atom stereocenters. The third-order valence-electron chi connectivity index (χ3n) is 4.14. The first kappa shape index (κ1) is 20.6. The van der Waals surface area contributed by atoms with E-state index in [9.17, 15) is 9.59 Å². The maximum absolute atomic E-state index is 12.4. The lowest BCUT2D eigenvalue weighted by Crippen LogP contribution is -2.38. The minimum atomic E-state index is -0.279. The van der Waals surface area contributed by atoms with Gasteiger partial charge < -0.3 is 19.7 Å². The molecule has 2 aromatic rings. The summed E-state index contributed by atoms with van der Waals surface area (Å²) in [5, 5.41) is 3.40. The lowest BCUT2D eigenvalue weighted by Gasteiger charge is -2.23. The summed E-state index contributed by atoms with van der Waals surface area (Å²) in [6, 6.07) is 10.3. The number of benzene rings is 2. The second-order valence-electron chi connectivity index (χ2n) is 5.91. The van der Waals surface area contributed by atoms with Crippen LogP contribution in [0.15, 0.2) is 36.4 Å². The highest BCUT2D eigenvalue weighted by molar-refractivity contribution is 6.31. The predicted molar refractivity (Wildman–Crippen MR) is 106 cm³/mol. The first-order valence-corrected chi connectivity index (χ1v) is 8.79. The fraction of sp³-hybridized carbons (Fsp3) is 0.300. The Hall–Kier alpha value is -2.73. The van der Waals surface area contributed by atoms with Crippen molar-refractivity contribution in [3.8, 4) is 11.5 Å². The molecule has 0 aliphatic carbocycles. The van der Waals surface area contributed by atoms with Crippen LogP contribution in [0, 0.1) is 6.92 Å². The molecule has 0 saturated carbocycles. The van der Waals surface area contributed by atoms with Crippen molar-refractivity contribution in [1.29, 1.82) is 0 Å². The molecule has 0 saturated heterocycles. The minimum Gasteiger partial charge on any atom is -0.497 e. The number of halogens is 1. The molecule has 0 aliphatic rings. The topological polar surface area (TPSA) is 67.9 Å². The fourth-order valence-electron chi connectivity index (χ4n) is 2.66. The highest BCUT2D eigenvalue weighted by Crippen LogP contribution is 2.26. The molecule has 0 aromatic heterocycles. The maximum Gasteiger partial charge on any atom is 0.251 e. The van der Waals surface area contributed by atoms with Crippen LogP contribution >= 0.6 is 11.6 Å². The molecule has 2 amide bonds. The Balaban J connectivity index is 2.08.